The number of hydrogen-bond acceptors (Lipinski definition) is 8. The van der Waals surface area contributed by atoms with Crippen molar-refractivity contribution in [2.24, 2.45) is 17.5 Å². The molecule has 1 aliphatic rings. The van der Waals surface area contributed by atoms with Crippen molar-refractivity contribution >= 4 is 17.6 Å². The molecule has 154 valence electrons. The Labute approximate surface area is 163 Å². The third-order valence-corrected chi connectivity index (χ3v) is 4.44. The van der Waals surface area contributed by atoms with Gasteiger partial charge >= 0.3 is 12.1 Å². The molecule has 1 fully saturated rings. The Hall–Kier alpha value is -2.85. The molecule has 0 aliphatic carbocycles. The first-order valence-electron chi connectivity index (χ1n) is 8.74. The van der Waals surface area contributed by atoms with Gasteiger partial charge in [0.05, 0.1) is 36.2 Å². The van der Waals surface area contributed by atoms with Gasteiger partial charge in [0.25, 0.3) is 0 Å². The highest BCUT2D eigenvalue weighted by Gasteiger charge is 2.29. The summed E-state index contributed by atoms with van der Waals surface area (Å²) in [6.45, 7) is 4.03. The van der Waals surface area contributed by atoms with E-state index in [1.807, 2.05) is 0 Å². The Bertz CT molecular complexity index is 764. The topological polar surface area (TPSA) is 150 Å². The van der Waals surface area contributed by atoms with Crippen LogP contribution in [0.2, 0.25) is 0 Å². The van der Waals surface area contributed by atoms with Crippen molar-refractivity contribution in [3.8, 4) is 5.75 Å². The summed E-state index contributed by atoms with van der Waals surface area (Å²) in [5.41, 5.74) is 7.54. The van der Waals surface area contributed by atoms with Crippen molar-refractivity contribution in [3.05, 3.63) is 29.2 Å². The van der Waals surface area contributed by atoms with Gasteiger partial charge < -0.3 is 30.1 Å². The maximum Gasteiger partial charge on any atom is 0.404 e. The zero-order chi connectivity index (χ0) is 20.8. The lowest BCUT2D eigenvalue weighted by atomic mass is 10.0. The summed E-state index contributed by atoms with van der Waals surface area (Å²) < 4.78 is 16.1. The van der Waals surface area contributed by atoms with Gasteiger partial charge in [0, 0.05) is 13.5 Å². The lowest BCUT2D eigenvalue weighted by Gasteiger charge is -2.28. The van der Waals surface area contributed by atoms with Gasteiger partial charge in [-0.25, -0.2) is 15.6 Å². The first-order chi connectivity index (χ1) is 13.2. The van der Waals surface area contributed by atoms with E-state index in [1.54, 1.807) is 33.0 Å². The number of aliphatic carboxylic acids is 1. The number of aromatic nitrogens is 1. The zero-order valence-electron chi connectivity index (χ0n) is 16.2. The number of carbonyl (C=O) groups is 2. The van der Waals surface area contributed by atoms with Crippen LogP contribution in [-0.2, 0) is 14.3 Å². The molecular formula is C18H26N4O6. The number of pyridine rings is 1. The lowest BCUT2D eigenvalue weighted by Crippen LogP contribution is -2.37. The van der Waals surface area contributed by atoms with Crippen molar-refractivity contribution in [1.82, 2.24) is 9.99 Å². The second kappa shape index (κ2) is 9.38. The molecule has 1 unspecified atom stereocenters. The SMILES string of the molecule is C/C(=C(/COC(N)=O)N(C)N)c1ccc(O[C@H]2COCC(C(=O)O)C2)c(C)n1. The van der Waals surface area contributed by atoms with Crippen LogP contribution in [0.15, 0.2) is 17.8 Å². The average molecular weight is 394 g/mol. The molecular weight excluding hydrogens is 368 g/mol. The number of ether oxygens (including phenoxy) is 3. The number of primary amides is 1. The Balaban J connectivity index is 2.17. The summed E-state index contributed by atoms with van der Waals surface area (Å²) >= 11 is 0. The third kappa shape index (κ3) is 5.57. The van der Waals surface area contributed by atoms with Crippen LogP contribution in [0.1, 0.15) is 24.7 Å². The second-order valence-electron chi connectivity index (χ2n) is 6.62. The third-order valence-electron chi connectivity index (χ3n) is 4.44. The molecule has 0 aromatic carbocycles. The molecule has 1 saturated heterocycles. The first-order valence-corrected chi connectivity index (χ1v) is 8.74. The molecule has 0 radical (unpaired) electrons. The molecule has 0 bridgehead atoms. The monoisotopic (exact) mass is 394 g/mol. The Morgan fingerprint density at radius 2 is 2.11 bits per heavy atom. The number of hydrazine groups is 1. The Morgan fingerprint density at radius 1 is 1.39 bits per heavy atom. The Kier molecular flexibility index (Phi) is 7.18. The normalized spacial score (nSPS) is 20.1. The summed E-state index contributed by atoms with van der Waals surface area (Å²) in [6.07, 6.45) is -0.871. The molecule has 2 rings (SSSR count). The largest absolute Gasteiger partial charge is 0.486 e. The minimum absolute atomic E-state index is 0.0802. The molecule has 0 spiro atoms. The van der Waals surface area contributed by atoms with E-state index in [0.717, 1.165) is 0 Å². The smallest absolute Gasteiger partial charge is 0.404 e. The van der Waals surface area contributed by atoms with Gasteiger partial charge in [-0.3, -0.25) is 4.79 Å². The summed E-state index contributed by atoms with van der Waals surface area (Å²) in [5.74, 6) is 4.90. The van der Waals surface area contributed by atoms with Crippen LogP contribution in [0.5, 0.6) is 5.75 Å². The molecule has 2 heterocycles. The highest BCUT2D eigenvalue weighted by Crippen LogP contribution is 2.26. The number of aryl methyl sites for hydroxylation is 1. The molecule has 28 heavy (non-hydrogen) atoms. The van der Waals surface area contributed by atoms with E-state index in [0.29, 0.717) is 41.4 Å². The number of nitrogens with zero attached hydrogens (tertiary/aromatic N) is 2. The predicted octanol–water partition coefficient (Wildman–Crippen LogP) is 0.890. The molecule has 1 amide bonds. The molecule has 5 N–H and O–H groups in total. The van der Waals surface area contributed by atoms with Gasteiger partial charge in [-0.05, 0) is 31.6 Å². The van der Waals surface area contributed by atoms with Crippen molar-refractivity contribution < 1.29 is 28.9 Å². The van der Waals surface area contributed by atoms with Crippen LogP contribution < -0.4 is 16.3 Å². The van der Waals surface area contributed by atoms with Gasteiger partial charge in [-0.1, -0.05) is 0 Å². The minimum Gasteiger partial charge on any atom is -0.486 e. The first kappa shape index (κ1) is 21.5. The molecule has 10 nitrogen and oxygen atoms in total. The van der Waals surface area contributed by atoms with Crippen molar-refractivity contribution in [1.29, 1.82) is 0 Å². The molecule has 1 aromatic rings. The van der Waals surface area contributed by atoms with Gasteiger partial charge in [-0.2, -0.15) is 0 Å². The summed E-state index contributed by atoms with van der Waals surface area (Å²) in [4.78, 5) is 26.6. The van der Waals surface area contributed by atoms with Gasteiger partial charge in [-0.15, -0.1) is 0 Å². The predicted molar refractivity (Wildman–Crippen MR) is 100 cm³/mol. The molecule has 2 atom stereocenters. The van der Waals surface area contributed by atoms with Gasteiger partial charge in [0.1, 0.15) is 18.5 Å². The molecule has 10 heteroatoms. The number of rotatable bonds is 7. The second-order valence-corrected chi connectivity index (χ2v) is 6.62. The van der Waals surface area contributed by atoms with E-state index in [9.17, 15) is 9.59 Å². The quantitative estimate of drug-likeness (QED) is 0.452. The van der Waals surface area contributed by atoms with Gasteiger partial charge in [0.2, 0.25) is 0 Å². The number of hydrogen-bond donors (Lipinski definition) is 3. The highest BCUT2D eigenvalue weighted by molar-refractivity contribution is 5.70. The van der Waals surface area contributed by atoms with Crippen LogP contribution in [0.3, 0.4) is 0 Å². The summed E-state index contributed by atoms with van der Waals surface area (Å²) in [5, 5.41) is 10.5. The van der Waals surface area contributed by atoms with Crippen LogP contribution in [0.25, 0.3) is 5.57 Å². The fraction of sp³-hybridized carbons (Fsp3) is 0.500. The number of carboxylic acids is 1. The fourth-order valence-electron chi connectivity index (χ4n) is 2.87. The minimum atomic E-state index is -0.894. The van der Waals surface area contributed by atoms with E-state index in [2.05, 4.69) is 4.98 Å². The standard InChI is InChI=1S/C18H26N4O6/c1-10(15(22(3)20)9-27-18(19)25)14-4-5-16(11(2)21-14)28-13-6-12(17(23)24)7-26-8-13/h4-5,12-13H,6-9,20H2,1-3H3,(H2,19,25)(H,23,24)/b15-10+/t12?,13-/m1/s1. The van der Waals surface area contributed by atoms with Crippen molar-refractivity contribution in [2.45, 2.75) is 26.4 Å². The number of allylic oxidation sites excluding steroid dienone is 1. The number of carbonyl (C=O) groups excluding carboxylic acids is 1. The van der Waals surface area contributed by atoms with E-state index in [-0.39, 0.29) is 19.3 Å². The zero-order valence-corrected chi connectivity index (χ0v) is 16.2. The van der Waals surface area contributed by atoms with E-state index in [4.69, 9.17) is 30.9 Å². The average Bonchev–Trinajstić information content (AvgIpc) is 2.63. The van der Waals surface area contributed by atoms with E-state index >= 15 is 0 Å². The Morgan fingerprint density at radius 3 is 2.68 bits per heavy atom. The molecule has 0 saturated carbocycles. The van der Waals surface area contributed by atoms with Crippen molar-refractivity contribution in [2.75, 3.05) is 26.9 Å². The maximum atomic E-state index is 11.1. The molecule has 1 aromatic heterocycles. The van der Waals surface area contributed by atoms with Crippen LogP contribution in [-0.4, -0.2) is 60.1 Å². The van der Waals surface area contributed by atoms with Crippen LogP contribution in [0.4, 0.5) is 4.79 Å². The maximum absolute atomic E-state index is 11.1. The number of likely N-dealkylation sites (N-methyl/N-ethyl adjacent to an activating group) is 1. The van der Waals surface area contributed by atoms with Crippen LogP contribution in [0, 0.1) is 12.8 Å². The van der Waals surface area contributed by atoms with E-state index < -0.39 is 18.0 Å². The number of nitrogens with two attached hydrogens (primary N) is 2. The van der Waals surface area contributed by atoms with Crippen LogP contribution >= 0.6 is 0 Å². The highest BCUT2D eigenvalue weighted by atomic mass is 16.5. The fourth-order valence-corrected chi connectivity index (χ4v) is 2.87. The van der Waals surface area contributed by atoms with Crippen molar-refractivity contribution in [3.63, 3.8) is 0 Å². The van der Waals surface area contributed by atoms with Gasteiger partial charge in [0.15, 0.2) is 0 Å². The lowest BCUT2D eigenvalue weighted by molar-refractivity contribution is -0.149. The molecule has 1 aliphatic heterocycles. The number of carboxylic acid groups (broad SMARTS) is 1. The summed E-state index contributed by atoms with van der Waals surface area (Å²) in [7, 11) is 1.62. The summed E-state index contributed by atoms with van der Waals surface area (Å²) in [6, 6.07) is 3.51. The number of amides is 1. The van der Waals surface area contributed by atoms with E-state index in [1.165, 1.54) is 5.01 Å².